The third kappa shape index (κ3) is 5.65. The van der Waals surface area contributed by atoms with Crippen LogP contribution >= 0.6 is 0 Å². The Morgan fingerprint density at radius 3 is 2.17 bits per heavy atom. The van der Waals surface area contributed by atoms with E-state index in [-0.39, 0.29) is 18.5 Å². The van der Waals surface area contributed by atoms with E-state index in [4.69, 9.17) is 9.47 Å². The predicted molar refractivity (Wildman–Crippen MR) is 116 cm³/mol. The Balaban J connectivity index is 1.66. The van der Waals surface area contributed by atoms with E-state index in [2.05, 4.69) is 17.0 Å². The minimum Gasteiger partial charge on any atom is -0.497 e. The van der Waals surface area contributed by atoms with Crippen LogP contribution in [-0.4, -0.2) is 68.2 Å². The van der Waals surface area contributed by atoms with E-state index in [1.165, 1.54) is 0 Å². The number of rotatable bonds is 7. The molecule has 2 aromatic rings. The van der Waals surface area contributed by atoms with Gasteiger partial charge >= 0.3 is 6.09 Å². The van der Waals surface area contributed by atoms with Crippen LogP contribution in [0.25, 0.3) is 0 Å². The molecule has 2 aromatic carbocycles. The molecule has 7 heteroatoms. The Morgan fingerprint density at radius 1 is 0.933 bits per heavy atom. The molecule has 0 N–H and O–H groups in total. The van der Waals surface area contributed by atoms with Crippen molar-refractivity contribution in [2.75, 3.05) is 51.3 Å². The van der Waals surface area contributed by atoms with E-state index >= 15 is 0 Å². The number of benzene rings is 2. The monoisotopic (exact) mass is 411 g/mol. The molecule has 1 aliphatic heterocycles. The zero-order valence-corrected chi connectivity index (χ0v) is 17.6. The molecule has 0 radical (unpaired) electrons. The number of ether oxygens (including phenoxy) is 2. The van der Waals surface area contributed by atoms with Gasteiger partial charge in [0.1, 0.15) is 5.75 Å². The molecule has 1 heterocycles. The first kappa shape index (κ1) is 21.5. The van der Waals surface area contributed by atoms with Gasteiger partial charge in [0, 0.05) is 38.4 Å². The molecule has 30 heavy (non-hydrogen) atoms. The molecule has 0 saturated carbocycles. The van der Waals surface area contributed by atoms with Crippen molar-refractivity contribution in [1.29, 1.82) is 0 Å². The maximum Gasteiger partial charge on any atom is 0.409 e. The van der Waals surface area contributed by atoms with Gasteiger partial charge < -0.3 is 24.2 Å². The number of carbonyl (C=O) groups excluding carboxylic acids is 2. The van der Waals surface area contributed by atoms with E-state index in [9.17, 15) is 9.59 Å². The number of amides is 2. The van der Waals surface area contributed by atoms with Crippen molar-refractivity contribution < 1.29 is 19.1 Å². The lowest BCUT2D eigenvalue weighted by atomic mass is 10.2. The van der Waals surface area contributed by atoms with Crippen LogP contribution in [0.2, 0.25) is 0 Å². The maximum atomic E-state index is 13.0. The van der Waals surface area contributed by atoms with E-state index in [0.717, 1.165) is 17.0 Å². The second-order valence-electron chi connectivity index (χ2n) is 7.11. The van der Waals surface area contributed by atoms with E-state index in [1.807, 2.05) is 47.4 Å². The fourth-order valence-electron chi connectivity index (χ4n) is 3.45. The van der Waals surface area contributed by atoms with Crippen molar-refractivity contribution in [3.63, 3.8) is 0 Å². The Labute approximate surface area is 177 Å². The lowest BCUT2D eigenvalue weighted by Gasteiger charge is -2.35. The van der Waals surface area contributed by atoms with Crippen LogP contribution in [0, 0.1) is 0 Å². The van der Waals surface area contributed by atoms with Gasteiger partial charge in [0.05, 0.1) is 20.3 Å². The van der Waals surface area contributed by atoms with Crippen molar-refractivity contribution in [2.45, 2.75) is 13.5 Å². The highest BCUT2D eigenvalue weighted by molar-refractivity contribution is 5.82. The summed E-state index contributed by atoms with van der Waals surface area (Å²) in [5.41, 5.74) is 2.09. The van der Waals surface area contributed by atoms with Gasteiger partial charge in [0.25, 0.3) is 0 Å². The van der Waals surface area contributed by atoms with Crippen molar-refractivity contribution >= 4 is 17.7 Å². The molecular formula is C23H29N3O4. The fourth-order valence-corrected chi connectivity index (χ4v) is 3.45. The number of nitrogens with zero attached hydrogens (tertiary/aromatic N) is 3. The van der Waals surface area contributed by atoms with Crippen LogP contribution < -0.4 is 9.64 Å². The maximum absolute atomic E-state index is 13.0. The first-order valence-electron chi connectivity index (χ1n) is 10.2. The Hall–Kier alpha value is -3.22. The van der Waals surface area contributed by atoms with Gasteiger partial charge in [-0.3, -0.25) is 4.79 Å². The van der Waals surface area contributed by atoms with Crippen molar-refractivity contribution in [1.82, 2.24) is 9.80 Å². The van der Waals surface area contributed by atoms with Gasteiger partial charge in [-0.2, -0.15) is 0 Å². The van der Waals surface area contributed by atoms with Crippen LogP contribution in [0.5, 0.6) is 5.75 Å². The van der Waals surface area contributed by atoms with Gasteiger partial charge in [-0.15, -0.1) is 0 Å². The number of hydrogen-bond donors (Lipinski definition) is 0. The van der Waals surface area contributed by atoms with Gasteiger partial charge in [0.15, 0.2) is 0 Å². The van der Waals surface area contributed by atoms with Crippen LogP contribution in [0.15, 0.2) is 54.6 Å². The zero-order valence-electron chi connectivity index (χ0n) is 17.6. The third-order valence-corrected chi connectivity index (χ3v) is 5.14. The third-order valence-electron chi connectivity index (χ3n) is 5.14. The molecule has 3 rings (SSSR count). The lowest BCUT2D eigenvalue weighted by Crippen LogP contribution is -2.52. The van der Waals surface area contributed by atoms with Crippen molar-refractivity contribution in [3.8, 4) is 5.75 Å². The minimum absolute atomic E-state index is 0.0465. The van der Waals surface area contributed by atoms with Crippen LogP contribution in [0.3, 0.4) is 0 Å². The summed E-state index contributed by atoms with van der Waals surface area (Å²) >= 11 is 0. The van der Waals surface area contributed by atoms with E-state index in [0.29, 0.717) is 39.3 Å². The Kier molecular flexibility index (Phi) is 7.54. The standard InChI is InChI=1S/C23H29N3O4/c1-3-30-23(28)25-15-13-24(14-16-25)22(27)18-26(17-19-7-5-4-6-8-19)20-9-11-21(29-2)12-10-20/h4-12H,3,13-18H2,1-2H3. The van der Waals surface area contributed by atoms with Gasteiger partial charge in [0.2, 0.25) is 5.91 Å². The minimum atomic E-state index is -0.312. The summed E-state index contributed by atoms with van der Waals surface area (Å²) in [5, 5.41) is 0. The number of hydrogen-bond acceptors (Lipinski definition) is 5. The SMILES string of the molecule is CCOC(=O)N1CCN(C(=O)CN(Cc2ccccc2)c2ccc(OC)cc2)CC1. The highest BCUT2D eigenvalue weighted by atomic mass is 16.6. The molecule has 2 amide bonds. The van der Waals surface area contributed by atoms with E-state index < -0.39 is 0 Å². The second kappa shape index (κ2) is 10.5. The molecule has 160 valence electrons. The molecule has 0 unspecified atom stereocenters. The molecule has 0 aromatic heterocycles. The summed E-state index contributed by atoms with van der Waals surface area (Å²) in [4.78, 5) is 30.4. The highest BCUT2D eigenvalue weighted by Crippen LogP contribution is 2.21. The van der Waals surface area contributed by atoms with Gasteiger partial charge in [-0.05, 0) is 36.8 Å². The average molecular weight is 412 g/mol. The average Bonchev–Trinajstić information content (AvgIpc) is 2.79. The molecule has 1 saturated heterocycles. The first-order chi connectivity index (χ1) is 14.6. The molecule has 0 aliphatic carbocycles. The zero-order chi connectivity index (χ0) is 21.3. The van der Waals surface area contributed by atoms with Crippen molar-refractivity contribution in [2.24, 2.45) is 0 Å². The molecule has 0 bridgehead atoms. The van der Waals surface area contributed by atoms with Gasteiger partial charge in [-0.1, -0.05) is 30.3 Å². The topological polar surface area (TPSA) is 62.3 Å². The summed E-state index contributed by atoms with van der Waals surface area (Å²) in [7, 11) is 1.64. The number of methoxy groups -OCH3 is 1. The number of carbonyl (C=O) groups is 2. The summed E-state index contributed by atoms with van der Waals surface area (Å²) in [6.07, 6.45) is -0.312. The summed E-state index contributed by atoms with van der Waals surface area (Å²) in [6, 6.07) is 17.8. The highest BCUT2D eigenvalue weighted by Gasteiger charge is 2.26. The first-order valence-corrected chi connectivity index (χ1v) is 10.2. The predicted octanol–water partition coefficient (Wildman–Crippen LogP) is 3.00. The largest absolute Gasteiger partial charge is 0.497 e. The molecule has 1 fully saturated rings. The molecule has 0 spiro atoms. The summed E-state index contributed by atoms with van der Waals surface area (Å²) in [5.74, 6) is 0.824. The molecule has 0 atom stereocenters. The fraction of sp³-hybridized carbons (Fsp3) is 0.391. The summed E-state index contributed by atoms with van der Waals surface area (Å²) < 4.78 is 10.3. The van der Waals surface area contributed by atoms with Gasteiger partial charge in [-0.25, -0.2) is 4.79 Å². The van der Waals surface area contributed by atoms with Crippen LogP contribution in [-0.2, 0) is 16.1 Å². The Morgan fingerprint density at radius 2 is 1.57 bits per heavy atom. The quantitative estimate of drug-likeness (QED) is 0.701. The second-order valence-corrected chi connectivity index (χ2v) is 7.11. The normalized spacial score (nSPS) is 13.7. The number of anilines is 1. The van der Waals surface area contributed by atoms with Crippen molar-refractivity contribution in [3.05, 3.63) is 60.2 Å². The Bertz CT molecular complexity index is 818. The summed E-state index contributed by atoms with van der Waals surface area (Å²) in [6.45, 7) is 5.05. The van der Waals surface area contributed by atoms with E-state index in [1.54, 1.807) is 18.9 Å². The lowest BCUT2D eigenvalue weighted by molar-refractivity contribution is -0.131. The van der Waals surface area contributed by atoms with Crippen LogP contribution in [0.1, 0.15) is 12.5 Å². The smallest absolute Gasteiger partial charge is 0.409 e. The molecule has 7 nitrogen and oxygen atoms in total. The molecular weight excluding hydrogens is 382 g/mol. The number of piperazine rings is 1. The molecule has 1 aliphatic rings. The van der Waals surface area contributed by atoms with Crippen LogP contribution in [0.4, 0.5) is 10.5 Å².